The first-order chi connectivity index (χ1) is 32.8. The minimum Gasteiger partial charge on any atom is -0.519 e. The average Bonchev–Trinajstić information content (AvgIpc) is 4.22. The SMILES string of the molecule is Cc1ccc(N2C=CN(c3[c-]c(-n4c5[c-]c(N6C=CN(c7ccc(C)cc7)[CH-]6)ncc5c5cnc(N6C=CN(c7ccc(C)cc7)[CH-]6)[c-]c54)[c-]c(N4C=CN(c5ccc(C)cc5)[CH-]4)c3)[CH-]2)cc1.[Pd].[Pd]. The molecular formula is C56H43N11Pd2-8. The smallest absolute Gasteiger partial charge is 0.0124 e. The molecular weight excluding hydrogens is 1040 g/mol. The van der Waals surface area contributed by atoms with Gasteiger partial charge in [-0.25, -0.2) is 33.9 Å². The molecule has 0 radical (unpaired) electrons. The van der Waals surface area contributed by atoms with Crippen molar-refractivity contribution in [3.8, 4) is 5.69 Å². The molecule has 7 heterocycles. The second-order valence-corrected chi connectivity index (χ2v) is 17.0. The molecule has 350 valence electrons. The zero-order valence-electron chi connectivity index (χ0n) is 37.9. The van der Waals surface area contributed by atoms with Crippen molar-refractivity contribution >= 4 is 67.6 Å². The summed E-state index contributed by atoms with van der Waals surface area (Å²) in [5, 5.41) is 1.75. The number of nitrogens with zero attached hydrogens (tertiary/aromatic N) is 11. The predicted molar refractivity (Wildman–Crippen MR) is 270 cm³/mol. The van der Waals surface area contributed by atoms with Gasteiger partial charge in [0.15, 0.2) is 0 Å². The van der Waals surface area contributed by atoms with Crippen molar-refractivity contribution in [2.45, 2.75) is 27.7 Å². The number of hydrogen-bond acceptors (Lipinski definition) is 10. The van der Waals surface area contributed by atoms with E-state index in [-0.39, 0.29) is 40.8 Å². The number of pyridine rings is 2. The van der Waals surface area contributed by atoms with Gasteiger partial charge in [-0.15, -0.1) is 37.7 Å². The first-order valence-corrected chi connectivity index (χ1v) is 22.1. The Balaban J connectivity index is 0.00000277. The van der Waals surface area contributed by atoms with Crippen molar-refractivity contribution in [3.63, 3.8) is 0 Å². The molecule has 4 aliphatic heterocycles. The minimum atomic E-state index is 0. The molecule has 5 aromatic carbocycles. The fourth-order valence-corrected chi connectivity index (χ4v) is 8.43. The Hall–Kier alpha value is -7.12. The third kappa shape index (κ3) is 8.80. The van der Waals surface area contributed by atoms with Crippen molar-refractivity contribution < 1.29 is 40.8 Å². The third-order valence-corrected chi connectivity index (χ3v) is 12.3. The van der Waals surface area contributed by atoms with Crippen LogP contribution in [0.15, 0.2) is 165 Å². The van der Waals surface area contributed by atoms with Crippen LogP contribution in [-0.4, -0.2) is 14.5 Å². The summed E-state index contributed by atoms with van der Waals surface area (Å²) in [4.78, 5) is 26.5. The fourth-order valence-electron chi connectivity index (χ4n) is 8.43. The molecule has 13 heteroatoms. The van der Waals surface area contributed by atoms with Crippen molar-refractivity contribution in [2.24, 2.45) is 0 Å². The summed E-state index contributed by atoms with van der Waals surface area (Å²) in [7, 11) is 0. The summed E-state index contributed by atoms with van der Waals surface area (Å²) >= 11 is 0. The quantitative estimate of drug-likeness (QED) is 0.103. The average molecular weight is 1080 g/mol. The van der Waals surface area contributed by atoms with Crippen LogP contribution in [0.3, 0.4) is 0 Å². The molecule has 12 rings (SSSR count). The molecule has 0 fully saturated rings. The zero-order valence-corrected chi connectivity index (χ0v) is 41.1. The van der Waals surface area contributed by atoms with E-state index in [0.717, 1.165) is 55.9 Å². The van der Waals surface area contributed by atoms with E-state index < -0.39 is 0 Å². The first kappa shape index (κ1) is 45.7. The Bertz CT molecular complexity index is 3080. The molecule has 69 heavy (non-hydrogen) atoms. The van der Waals surface area contributed by atoms with Gasteiger partial charge >= 0.3 is 0 Å². The van der Waals surface area contributed by atoms with E-state index in [4.69, 9.17) is 9.97 Å². The summed E-state index contributed by atoms with van der Waals surface area (Å²) in [6.07, 6.45) is 20.1. The van der Waals surface area contributed by atoms with Gasteiger partial charge in [0.1, 0.15) is 0 Å². The number of aromatic nitrogens is 3. The minimum absolute atomic E-state index is 0. The van der Waals surface area contributed by atoms with Crippen LogP contribution in [0.1, 0.15) is 22.3 Å². The molecule has 0 atom stereocenters. The van der Waals surface area contributed by atoms with Crippen molar-refractivity contribution in [1.82, 2.24) is 14.5 Å². The van der Waals surface area contributed by atoms with E-state index in [9.17, 15) is 0 Å². The van der Waals surface area contributed by atoms with Gasteiger partial charge in [-0.05, 0) is 126 Å². The molecule has 0 bridgehead atoms. The Morgan fingerprint density at radius 2 is 0.652 bits per heavy atom. The van der Waals surface area contributed by atoms with Crippen molar-refractivity contribution in [2.75, 3.05) is 39.2 Å². The van der Waals surface area contributed by atoms with Gasteiger partial charge in [-0.3, -0.25) is 9.97 Å². The number of anilines is 8. The number of aryl methyl sites for hydroxylation is 4. The second kappa shape index (κ2) is 18.8. The third-order valence-electron chi connectivity index (χ3n) is 12.3. The van der Waals surface area contributed by atoms with Crippen LogP contribution in [-0.2, 0) is 40.8 Å². The summed E-state index contributed by atoms with van der Waals surface area (Å²) in [5.74, 6) is 1.26. The molecule has 0 saturated heterocycles. The summed E-state index contributed by atoms with van der Waals surface area (Å²) in [5.41, 5.74) is 12.9. The monoisotopic (exact) mass is 1080 g/mol. The van der Waals surface area contributed by atoms with E-state index in [1.165, 1.54) is 22.3 Å². The standard InChI is InChI=1S/C56H43N11.2Pd/c1-40-5-13-44(14-6-40)59-21-23-63(36-59)48-29-49(64-24-22-60(37-64)45-15-7-41(2)8-16-45)31-50(30-48)67-53-32-55(65-27-25-61(38-65)46-17-9-42(3)10-18-46)57-34-51(53)52-35-58-56(33-54(52)67)66-28-26-62(39-66)47-19-11-43(4)12-20-47;;/h5-29,34-39H,1-4H3;;/q-8;;. The van der Waals surface area contributed by atoms with Gasteiger partial charge in [0, 0.05) is 75.2 Å². The van der Waals surface area contributed by atoms with Gasteiger partial charge in [-0.1, -0.05) is 83.2 Å². The number of rotatable bonds is 9. The molecule has 0 spiro atoms. The van der Waals surface area contributed by atoms with E-state index in [0.29, 0.717) is 17.3 Å². The maximum Gasteiger partial charge on any atom is 0.0124 e. The Morgan fingerprint density at radius 3 is 0.986 bits per heavy atom. The van der Waals surface area contributed by atoms with Crippen LogP contribution in [0.4, 0.5) is 45.8 Å². The molecule has 11 nitrogen and oxygen atoms in total. The molecule has 0 unspecified atom stereocenters. The topological polar surface area (TPSA) is 56.6 Å². The first-order valence-electron chi connectivity index (χ1n) is 22.1. The van der Waals surface area contributed by atoms with Gasteiger partial charge in [0.2, 0.25) is 0 Å². The maximum absolute atomic E-state index is 4.98. The second-order valence-electron chi connectivity index (χ2n) is 17.0. The zero-order chi connectivity index (χ0) is 45.2. The van der Waals surface area contributed by atoms with Gasteiger partial charge in [0.25, 0.3) is 0 Å². The predicted octanol–water partition coefficient (Wildman–Crippen LogP) is 11.7. The molecule has 0 saturated carbocycles. The van der Waals surface area contributed by atoms with E-state index in [1.807, 2.05) is 60.3 Å². The molecule has 4 aliphatic rings. The van der Waals surface area contributed by atoms with E-state index >= 15 is 0 Å². The number of hydrogen-bond donors (Lipinski definition) is 0. The van der Waals surface area contributed by atoms with Gasteiger partial charge in [0.05, 0.1) is 0 Å². The van der Waals surface area contributed by atoms with Crippen molar-refractivity contribution in [3.05, 3.63) is 238 Å². The maximum atomic E-state index is 4.98. The molecule has 0 N–H and O–H groups in total. The Kier molecular flexibility index (Phi) is 12.4. The summed E-state index contributed by atoms with van der Waals surface area (Å²) < 4.78 is 2.14. The van der Waals surface area contributed by atoms with Crippen LogP contribution < -0.4 is 39.2 Å². The van der Waals surface area contributed by atoms with Crippen LogP contribution in [0, 0.1) is 78.6 Å². The Labute approximate surface area is 431 Å². The molecule has 8 aromatic rings. The van der Waals surface area contributed by atoms with Crippen LogP contribution >= 0.6 is 0 Å². The van der Waals surface area contributed by atoms with Crippen molar-refractivity contribution in [1.29, 1.82) is 0 Å². The Morgan fingerprint density at radius 1 is 0.362 bits per heavy atom. The van der Waals surface area contributed by atoms with E-state index in [1.54, 1.807) is 0 Å². The number of fused-ring (bicyclic) bond motifs is 3. The van der Waals surface area contributed by atoms with Crippen LogP contribution in [0.25, 0.3) is 27.5 Å². The van der Waals surface area contributed by atoms with Gasteiger partial charge in [-0.2, -0.15) is 12.1 Å². The summed E-state index contributed by atoms with van der Waals surface area (Å²) in [6.45, 7) is 16.6. The molecule has 3 aromatic heterocycles. The number of benzene rings is 5. The molecule has 0 aliphatic carbocycles. The largest absolute Gasteiger partial charge is 0.519 e. The van der Waals surface area contributed by atoms with E-state index in [2.05, 4.69) is 227 Å². The molecule has 0 amide bonds. The summed E-state index contributed by atoms with van der Waals surface area (Å²) in [6, 6.07) is 51.1. The van der Waals surface area contributed by atoms with Gasteiger partial charge < -0.3 is 55.9 Å². The van der Waals surface area contributed by atoms with Crippen LogP contribution in [0.5, 0.6) is 0 Å². The fraction of sp³-hybridized carbons (Fsp3) is 0.0714. The van der Waals surface area contributed by atoms with Crippen LogP contribution in [0.2, 0.25) is 0 Å². The normalized spacial score (nSPS) is 15.2.